The Morgan fingerprint density at radius 2 is 1.75 bits per heavy atom. The lowest BCUT2D eigenvalue weighted by Crippen LogP contribution is -2.41. The second-order valence-corrected chi connectivity index (χ2v) is 8.67. The minimum Gasteiger partial charge on any atom is -0.323 e. The molecule has 3 rings (SSSR count). The molecule has 0 saturated carbocycles. The number of hydrogen-bond donors (Lipinski definition) is 1. The first-order valence-corrected chi connectivity index (χ1v) is 10.4. The molecule has 148 valence electrons. The Labute approximate surface area is 163 Å². The summed E-state index contributed by atoms with van der Waals surface area (Å²) in [6.45, 7) is 1.75. The molecule has 1 amide bonds. The zero-order valence-electron chi connectivity index (χ0n) is 15.4. The van der Waals surface area contributed by atoms with Gasteiger partial charge in [-0.3, -0.25) is 9.59 Å². The Hall–Kier alpha value is -2.58. The van der Waals surface area contributed by atoms with Crippen molar-refractivity contribution in [2.45, 2.75) is 24.7 Å². The monoisotopic (exact) mass is 404 g/mol. The summed E-state index contributed by atoms with van der Waals surface area (Å²) < 4.78 is 40.7. The van der Waals surface area contributed by atoms with Crippen LogP contribution in [0.15, 0.2) is 53.4 Å². The number of carbonyl (C=O) groups excluding carboxylic acids is 2. The molecule has 1 aliphatic heterocycles. The van der Waals surface area contributed by atoms with Gasteiger partial charge < -0.3 is 5.32 Å². The Kier molecular flexibility index (Phi) is 5.90. The van der Waals surface area contributed by atoms with E-state index in [1.807, 2.05) is 0 Å². The smallest absolute Gasteiger partial charge is 0.243 e. The lowest BCUT2D eigenvalue weighted by Gasteiger charge is -2.30. The van der Waals surface area contributed by atoms with Crippen molar-refractivity contribution in [2.24, 2.45) is 5.92 Å². The zero-order chi connectivity index (χ0) is 20.3. The fourth-order valence-electron chi connectivity index (χ4n) is 3.18. The molecule has 28 heavy (non-hydrogen) atoms. The summed E-state index contributed by atoms with van der Waals surface area (Å²) in [6, 6.07) is 11.8. The molecule has 0 aliphatic carbocycles. The molecule has 0 radical (unpaired) electrons. The maximum Gasteiger partial charge on any atom is 0.243 e. The normalized spacial score (nSPS) is 15.9. The first-order valence-electron chi connectivity index (χ1n) is 8.95. The predicted molar refractivity (Wildman–Crippen MR) is 103 cm³/mol. The highest BCUT2D eigenvalue weighted by atomic mass is 32.2. The van der Waals surface area contributed by atoms with E-state index in [9.17, 15) is 22.4 Å². The summed E-state index contributed by atoms with van der Waals surface area (Å²) in [4.78, 5) is 24.0. The van der Waals surface area contributed by atoms with Crippen LogP contribution in [0.1, 0.15) is 30.1 Å². The Morgan fingerprint density at radius 3 is 2.39 bits per heavy atom. The van der Waals surface area contributed by atoms with E-state index in [0.717, 1.165) is 0 Å². The van der Waals surface area contributed by atoms with Gasteiger partial charge in [-0.15, -0.1) is 0 Å². The highest BCUT2D eigenvalue weighted by molar-refractivity contribution is 7.89. The first-order chi connectivity index (χ1) is 13.3. The van der Waals surface area contributed by atoms with Gasteiger partial charge in [0.25, 0.3) is 0 Å². The molecule has 1 fully saturated rings. The van der Waals surface area contributed by atoms with Crippen molar-refractivity contribution in [3.63, 3.8) is 0 Å². The maximum absolute atomic E-state index is 13.7. The number of halogens is 1. The second kappa shape index (κ2) is 8.20. The van der Waals surface area contributed by atoms with Crippen LogP contribution in [0.4, 0.5) is 10.1 Å². The number of ketones is 1. The van der Waals surface area contributed by atoms with E-state index in [1.165, 1.54) is 47.6 Å². The predicted octanol–water partition coefficient (Wildman–Crippen LogP) is 3.07. The van der Waals surface area contributed by atoms with Crippen molar-refractivity contribution in [1.29, 1.82) is 0 Å². The van der Waals surface area contributed by atoms with Crippen LogP contribution in [0.2, 0.25) is 0 Å². The molecule has 1 saturated heterocycles. The lowest BCUT2D eigenvalue weighted by molar-refractivity contribution is -0.120. The average molecular weight is 404 g/mol. The molecule has 2 aromatic rings. The molecular formula is C20H21FN2O4S. The summed E-state index contributed by atoms with van der Waals surface area (Å²) in [7, 11) is -3.74. The van der Waals surface area contributed by atoms with Crippen LogP contribution in [0.25, 0.3) is 0 Å². The van der Waals surface area contributed by atoms with E-state index in [1.54, 1.807) is 12.1 Å². The number of para-hydroxylation sites is 1. The number of rotatable bonds is 5. The molecule has 0 unspecified atom stereocenters. The fourth-order valence-corrected chi connectivity index (χ4v) is 4.70. The minimum atomic E-state index is -3.74. The quantitative estimate of drug-likeness (QED) is 0.777. The van der Waals surface area contributed by atoms with Crippen molar-refractivity contribution in [1.82, 2.24) is 4.31 Å². The number of benzene rings is 2. The van der Waals surface area contributed by atoms with Gasteiger partial charge in [-0.05, 0) is 44.0 Å². The fraction of sp³-hybridized carbons (Fsp3) is 0.300. The van der Waals surface area contributed by atoms with Gasteiger partial charge in [-0.25, -0.2) is 12.8 Å². The van der Waals surface area contributed by atoms with Crippen molar-refractivity contribution >= 4 is 27.4 Å². The highest BCUT2D eigenvalue weighted by Crippen LogP contribution is 2.26. The van der Waals surface area contributed by atoms with Crippen LogP contribution in [0.5, 0.6) is 0 Å². The Morgan fingerprint density at radius 1 is 1.07 bits per heavy atom. The third-order valence-electron chi connectivity index (χ3n) is 4.83. The summed E-state index contributed by atoms with van der Waals surface area (Å²) in [6.07, 6.45) is 0.678. The van der Waals surface area contributed by atoms with Crippen molar-refractivity contribution in [3.05, 3.63) is 59.9 Å². The van der Waals surface area contributed by atoms with Gasteiger partial charge in [0.2, 0.25) is 15.9 Å². The van der Waals surface area contributed by atoms with E-state index in [4.69, 9.17) is 0 Å². The van der Waals surface area contributed by atoms with Crippen LogP contribution in [-0.2, 0) is 14.8 Å². The molecule has 1 aliphatic rings. The average Bonchev–Trinajstić information content (AvgIpc) is 2.70. The van der Waals surface area contributed by atoms with Crippen LogP contribution in [0, 0.1) is 11.7 Å². The van der Waals surface area contributed by atoms with Gasteiger partial charge in [0, 0.05) is 24.6 Å². The summed E-state index contributed by atoms with van der Waals surface area (Å²) in [5.41, 5.74) is 0.448. The molecule has 2 aromatic carbocycles. The van der Waals surface area contributed by atoms with Gasteiger partial charge in [-0.1, -0.05) is 24.3 Å². The zero-order valence-corrected chi connectivity index (χ0v) is 16.2. The van der Waals surface area contributed by atoms with Crippen molar-refractivity contribution in [3.8, 4) is 0 Å². The second-order valence-electron chi connectivity index (χ2n) is 6.73. The largest absolute Gasteiger partial charge is 0.323 e. The van der Waals surface area contributed by atoms with Crippen molar-refractivity contribution < 1.29 is 22.4 Å². The number of piperidine rings is 1. The van der Waals surface area contributed by atoms with Gasteiger partial charge in [0.05, 0.1) is 10.6 Å². The van der Waals surface area contributed by atoms with Crippen LogP contribution in [-0.4, -0.2) is 37.5 Å². The van der Waals surface area contributed by atoms with E-state index < -0.39 is 21.8 Å². The SMILES string of the molecule is CC(=O)c1cccc(S(=O)(=O)N2CCC(C(=O)Nc3ccccc3F)CC2)c1. The number of anilines is 1. The minimum absolute atomic E-state index is 0.0643. The molecule has 0 spiro atoms. The molecule has 0 bridgehead atoms. The van der Waals surface area contributed by atoms with Crippen LogP contribution < -0.4 is 5.32 Å². The number of nitrogens with one attached hydrogen (secondary N) is 1. The van der Waals surface area contributed by atoms with Gasteiger partial charge in [-0.2, -0.15) is 4.31 Å². The van der Waals surface area contributed by atoms with Gasteiger partial charge >= 0.3 is 0 Å². The number of Topliss-reactive ketones (excluding diaryl/α,β-unsaturated/α-hetero) is 1. The molecule has 6 nitrogen and oxygen atoms in total. The van der Waals surface area contributed by atoms with Crippen LogP contribution in [0.3, 0.4) is 0 Å². The van der Waals surface area contributed by atoms with E-state index in [-0.39, 0.29) is 35.4 Å². The van der Waals surface area contributed by atoms with Crippen LogP contribution >= 0.6 is 0 Å². The maximum atomic E-state index is 13.7. The number of amides is 1. The molecule has 1 N–H and O–H groups in total. The third kappa shape index (κ3) is 4.28. The molecule has 1 heterocycles. The highest BCUT2D eigenvalue weighted by Gasteiger charge is 2.32. The molecule has 0 atom stereocenters. The van der Waals surface area contributed by atoms with Gasteiger partial charge in [0.15, 0.2) is 5.78 Å². The number of sulfonamides is 1. The Bertz CT molecular complexity index is 999. The number of hydrogen-bond acceptors (Lipinski definition) is 4. The lowest BCUT2D eigenvalue weighted by atomic mass is 9.97. The topological polar surface area (TPSA) is 83.6 Å². The summed E-state index contributed by atoms with van der Waals surface area (Å²) in [5, 5.41) is 2.57. The molecule has 8 heteroatoms. The number of carbonyl (C=O) groups is 2. The van der Waals surface area contributed by atoms with E-state index in [0.29, 0.717) is 18.4 Å². The standard InChI is InChI=1S/C20H21FN2O4S/c1-14(24)16-5-4-6-17(13-16)28(26,27)23-11-9-15(10-12-23)20(25)22-19-8-3-2-7-18(19)21/h2-8,13,15H,9-12H2,1H3,(H,22,25). The van der Waals surface area contributed by atoms with Gasteiger partial charge in [0.1, 0.15) is 5.82 Å². The summed E-state index contributed by atoms with van der Waals surface area (Å²) in [5.74, 6) is -1.43. The van der Waals surface area contributed by atoms with Crippen molar-refractivity contribution in [2.75, 3.05) is 18.4 Å². The molecular weight excluding hydrogens is 383 g/mol. The van der Waals surface area contributed by atoms with E-state index >= 15 is 0 Å². The first kappa shape index (κ1) is 20.2. The third-order valence-corrected chi connectivity index (χ3v) is 6.73. The van der Waals surface area contributed by atoms with E-state index in [2.05, 4.69) is 5.32 Å². The molecule has 0 aromatic heterocycles. The summed E-state index contributed by atoms with van der Waals surface area (Å²) >= 11 is 0. The Balaban J connectivity index is 1.66. The number of nitrogens with zero attached hydrogens (tertiary/aromatic N) is 1.